The molecule has 0 aromatic heterocycles. The average molecular weight is 360 g/mol. The van der Waals surface area contributed by atoms with Crippen molar-refractivity contribution in [2.75, 3.05) is 6.61 Å². The number of rotatable bonds is 9. The molecule has 3 unspecified atom stereocenters. The van der Waals surface area contributed by atoms with Gasteiger partial charge in [-0.25, -0.2) is 0 Å². The van der Waals surface area contributed by atoms with E-state index in [0.717, 1.165) is 19.3 Å². The van der Waals surface area contributed by atoms with Crippen molar-refractivity contribution in [3.05, 3.63) is 0 Å². The zero-order chi connectivity index (χ0) is 19.3. The highest BCUT2D eigenvalue weighted by Crippen LogP contribution is 2.39. The van der Waals surface area contributed by atoms with Crippen LogP contribution in [0.15, 0.2) is 0 Å². The van der Waals surface area contributed by atoms with Crippen molar-refractivity contribution in [1.29, 1.82) is 0 Å². The first-order valence-corrected chi connectivity index (χ1v) is 9.00. The van der Waals surface area contributed by atoms with Gasteiger partial charge >= 0.3 is 0 Å². The van der Waals surface area contributed by atoms with Crippen molar-refractivity contribution in [2.24, 2.45) is 23.7 Å². The van der Waals surface area contributed by atoms with Gasteiger partial charge in [0.2, 0.25) is 11.6 Å². The number of hydrogen-bond donors (Lipinski definition) is 5. The van der Waals surface area contributed by atoms with Gasteiger partial charge in [0.15, 0.2) is 0 Å². The van der Waals surface area contributed by atoms with Crippen LogP contribution in [0, 0.1) is 23.7 Å². The minimum absolute atomic E-state index is 0.00838. The van der Waals surface area contributed by atoms with Gasteiger partial charge in [0, 0.05) is 6.42 Å². The molecular formula is C18H32O7. The van der Waals surface area contributed by atoms with Gasteiger partial charge in [0.05, 0.1) is 6.61 Å². The summed E-state index contributed by atoms with van der Waals surface area (Å²) in [5.41, 5.74) is 0. The molecule has 0 spiro atoms. The van der Waals surface area contributed by atoms with Crippen molar-refractivity contribution in [1.82, 2.24) is 0 Å². The Hall–Kier alpha value is -0.860. The predicted octanol–water partition coefficient (Wildman–Crippen LogP) is -0.341. The standard InChI is InChI=1S/C18H32O7/c1-9(2)12-5-4-10(3)6-11(12)7-13(20)15(22)17(24)18(25)16(23)14(21)8-19/h9-12,14,16-19,21,23-25H,4-8H2,1-3H3/t10?,11?,12?,14-,16-,17+,18+/m1/s1. The molecule has 7 atom stereocenters. The fourth-order valence-electron chi connectivity index (χ4n) is 3.82. The van der Waals surface area contributed by atoms with Gasteiger partial charge < -0.3 is 25.5 Å². The molecule has 0 bridgehead atoms. The molecule has 0 amide bonds. The van der Waals surface area contributed by atoms with E-state index in [1.807, 2.05) is 0 Å². The van der Waals surface area contributed by atoms with Gasteiger partial charge in [-0.1, -0.05) is 27.2 Å². The maximum Gasteiger partial charge on any atom is 0.229 e. The van der Waals surface area contributed by atoms with Crippen molar-refractivity contribution in [3.63, 3.8) is 0 Å². The van der Waals surface area contributed by atoms with Gasteiger partial charge in [-0.2, -0.15) is 0 Å². The average Bonchev–Trinajstić information content (AvgIpc) is 2.57. The van der Waals surface area contributed by atoms with Crippen LogP contribution in [0.5, 0.6) is 0 Å². The molecule has 0 saturated heterocycles. The van der Waals surface area contributed by atoms with E-state index < -0.39 is 42.6 Å². The Morgan fingerprint density at radius 3 is 2.16 bits per heavy atom. The first-order valence-electron chi connectivity index (χ1n) is 9.00. The number of carbonyl (C=O) groups excluding carboxylic acids is 2. The van der Waals surface area contributed by atoms with Crippen LogP contribution < -0.4 is 0 Å². The highest BCUT2D eigenvalue weighted by atomic mass is 16.4. The third-order valence-electron chi connectivity index (χ3n) is 5.41. The van der Waals surface area contributed by atoms with Crippen LogP contribution in [0.25, 0.3) is 0 Å². The minimum Gasteiger partial charge on any atom is -0.394 e. The maximum atomic E-state index is 12.3. The molecule has 25 heavy (non-hydrogen) atoms. The van der Waals surface area contributed by atoms with Gasteiger partial charge in [-0.05, 0) is 36.5 Å². The summed E-state index contributed by atoms with van der Waals surface area (Å²) >= 11 is 0. The van der Waals surface area contributed by atoms with Gasteiger partial charge in [0.25, 0.3) is 0 Å². The largest absolute Gasteiger partial charge is 0.394 e. The molecule has 7 nitrogen and oxygen atoms in total. The Morgan fingerprint density at radius 1 is 1.04 bits per heavy atom. The molecule has 0 aliphatic heterocycles. The molecule has 0 aromatic rings. The van der Waals surface area contributed by atoms with Crippen molar-refractivity contribution >= 4 is 11.6 Å². The molecular weight excluding hydrogens is 328 g/mol. The molecule has 0 radical (unpaired) electrons. The second-order valence-corrected chi connectivity index (χ2v) is 7.75. The molecule has 1 saturated carbocycles. The van der Waals surface area contributed by atoms with Gasteiger partial charge in [0.1, 0.15) is 24.4 Å². The Kier molecular flexibility index (Phi) is 8.63. The first-order chi connectivity index (χ1) is 11.6. The van der Waals surface area contributed by atoms with Gasteiger partial charge in [-0.15, -0.1) is 0 Å². The van der Waals surface area contributed by atoms with Crippen LogP contribution in [0.2, 0.25) is 0 Å². The number of Topliss-reactive ketones (excluding diaryl/α,β-unsaturated/α-hetero) is 2. The quantitative estimate of drug-likeness (QED) is 0.355. The highest BCUT2D eigenvalue weighted by Gasteiger charge is 2.39. The number of aliphatic hydroxyl groups is 5. The third-order valence-corrected chi connectivity index (χ3v) is 5.41. The zero-order valence-corrected chi connectivity index (χ0v) is 15.2. The molecule has 1 fully saturated rings. The van der Waals surface area contributed by atoms with Crippen molar-refractivity contribution < 1.29 is 35.1 Å². The maximum absolute atomic E-state index is 12.3. The summed E-state index contributed by atoms with van der Waals surface area (Å²) in [7, 11) is 0. The lowest BCUT2D eigenvalue weighted by atomic mass is 9.68. The molecule has 1 aliphatic rings. The molecule has 0 aromatic carbocycles. The van der Waals surface area contributed by atoms with Crippen LogP contribution in [-0.2, 0) is 9.59 Å². The van der Waals surface area contributed by atoms with E-state index in [2.05, 4.69) is 20.8 Å². The van der Waals surface area contributed by atoms with E-state index in [4.69, 9.17) is 5.11 Å². The number of hydrogen-bond acceptors (Lipinski definition) is 7. The molecule has 7 heteroatoms. The lowest BCUT2D eigenvalue weighted by Crippen LogP contribution is -2.50. The summed E-state index contributed by atoms with van der Waals surface area (Å²) in [6, 6.07) is 0. The van der Waals surface area contributed by atoms with Crippen molar-refractivity contribution in [3.8, 4) is 0 Å². The smallest absolute Gasteiger partial charge is 0.229 e. The van der Waals surface area contributed by atoms with E-state index in [-0.39, 0.29) is 12.3 Å². The lowest BCUT2D eigenvalue weighted by Gasteiger charge is -2.37. The van der Waals surface area contributed by atoms with Crippen LogP contribution in [-0.4, -0.2) is 68.1 Å². The molecule has 1 rings (SSSR count). The van der Waals surface area contributed by atoms with Crippen LogP contribution >= 0.6 is 0 Å². The van der Waals surface area contributed by atoms with E-state index in [0.29, 0.717) is 17.8 Å². The Morgan fingerprint density at radius 2 is 1.64 bits per heavy atom. The summed E-state index contributed by atoms with van der Waals surface area (Å²) in [6.07, 6.45) is -4.86. The lowest BCUT2D eigenvalue weighted by molar-refractivity contribution is -0.154. The Labute approximate surface area is 148 Å². The fourth-order valence-corrected chi connectivity index (χ4v) is 3.82. The molecule has 1 aliphatic carbocycles. The van der Waals surface area contributed by atoms with E-state index in [1.54, 1.807) is 0 Å². The van der Waals surface area contributed by atoms with Crippen LogP contribution in [0.4, 0.5) is 0 Å². The summed E-state index contributed by atoms with van der Waals surface area (Å²) < 4.78 is 0. The zero-order valence-electron chi connectivity index (χ0n) is 15.2. The molecule has 146 valence electrons. The monoisotopic (exact) mass is 360 g/mol. The number of carbonyl (C=O) groups is 2. The summed E-state index contributed by atoms with van der Waals surface area (Å²) in [5.74, 6) is -0.703. The summed E-state index contributed by atoms with van der Waals surface area (Å²) in [5, 5.41) is 47.2. The second-order valence-electron chi connectivity index (χ2n) is 7.75. The van der Waals surface area contributed by atoms with E-state index >= 15 is 0 Å². The van der Waals surface area contributed by atoms with Crippen molar-refractivity contribution in [2.45, 2.75) is 70.9 Å². The predicted molar refractivity (Wildman–Crippen MR) is 90.6 cm³/mol. The third kappa shape index (κ3) is 5.82. The normalized spacial score (nSPS) is 29.1. The number of ketones is 2. The number of aliphatic hydroxyl groups excluding tert-OH is 5. The van der Waals surface area contributed by atoms with Crippen LogP contribution in [0.3, 0.4) is 0 Å². The van der Waals surface area contributed by atoms with E-state index in [1.165, 1.54) is 0 Å². The highest BCUT2D eigenvalue weighted by molar-refractivity contribution is 6.39. The first kappa shape index (κ1) is 22.2. The minimum atomic E-state index is -2.12. The second kappa shape index (κ2) is 9.73. The summed E-state index contributed by atoms with van der Waals surface area (Å²) in [4.78, 5) is 24.4. The fraction of sp³-hybridized carbons (Fsp3) is 0.889. The summed E-state index contributed by atoms with van der Waals surface area (Å²) in [6.45, 7) is 5.45. The Bertz CT molecular complexity index is 451. The SMILES string of the molecule is CC1CCC(C(C)C)C(CC(=O)C(=O)[C@H](O)[C@@H](O)[C@H](O)[C@H](O)CO)C1. The van der Waals surface area contributed by atoms with Crippen LogP contribution in [0.1, 0.15) is 46.5 Å². The van der Waals surface area contributed by atoms with Gasteiger partial charge in [-0.3, -0.25) is 9.59 Å². The molecule has 0 heterocycles. The van der Waals surface area contributed by atoms with E-state index in [9.17, 15) is 30.0 Å². The topological polar surface area (TPSA) is 135 Å². The Balaban J connectivity index is 2.72. The molecule has 5 N–H and O–H groups in total.